The number of nitrogens with one attached hydrogen (secondary N) is 1. The van der Waals surface area contributed by atoms with Crippen molar-refractivity contribution in [3.63, 3.8) is 0 Å². The Bertz CT molecular complexity index is 376. The van der Waals surface area contributed by atoms with Crippen LogP contribution in [-0.4, -0.2) is 34.7 Å². The molecule has 1 N–H and O–H groups in total. The maximum absolute atomic E-state index is 11.8. The number of hydrogen-bond donors (Lipinski definition) is 1. The number of ether oxygens (including phenoxy) is 1. The van der Waals surface area contributed by atoms with Crippen molar-refractivity contribution in [2.75, 3.05) is 13.7 Å². The largest absolute Gasteiger partial charge is 0.465 e. The Kier molecular flexibility index (Phi) is 4.69. The fourth-order valence-corrected chi connectivity index (χ4v) is 1.60. The molecule has 0 aliphatic rings. The fourth-order valence-electron chi connectivity index (χ4n) is 1.60. The molecule has 0 spiro atoms. The van der Waals surface area contributed by atoms with E-state index in [9.17, 15) is 4.79 Å². The van der Waals surface area contributed by atoms with Crippen molar-refractivity contribution in [3.05, 3.63) is 18.2 Å². The molecule has 0 aromatic carbocycles. The molecule has 1 rings (SSSR count). The standard InChI is InChI=1S/C12H21N3O2/c1-5-17-11(16)12(3,13-4)6-8-15-9-7-14-10(15)2/h7,9,13H,5-6,8H2,1-4H3. The third-order valence-electron chi connectivity index (χ3n) is 3.05. The number of likely N-dealkylation sites (N-methyl/N-ethyl adjacent to an activating group) is 1. The first-order chi connectivity index (χ1) is 8.03. The average molecular weight is 239 g/mol. The zero-order valence-electron chi connectivity index (χ0n) is 11.0. The average Bonchev–Trinajstić information content (AvgIpc) is 2.72. The Morgan fingerprint density at radius 2 is 2.35 bits per heavy atom. The van der Waals surface area contributed by atoms with E-state index in [1.165, 1.54) is 0 Å². The van der Waals surface area contributed by atoms with E-state index in [1.54, 1.807) is 13.2 Å². The molecule has 5 nitrogen and oxygen atoms in total. The van der Waals surface area contributed by atoms with Gasteiger partial charge in [-0.2, -0.15) is 0 Å². The Morgan fingerprint density at radius 3 is 2.82 bits per heavy atom. The summed E-state index contributed by atoms with van der Waals surface area (Å²) in [6.07, 6.45) is 4.34. The summed E-state index contributed by atoms with van der Waals surface area (Å²) in [6.45, 7) is 6.76. The van der Waals surface area contributed by atoms with E-state index >= 15 is 0 Å². The molecule has 0 radical (unpaired) electrons. The van der Waals surface area contributed by atoms with E-state index in [-0.39, 0.29) is 5.97 Å². The van der Waals surface area contributed by atoms with Gasteiger partial charge in [0, 0.05) is 18.9 Å². The van der Waals surface area contributed by atoms with Gasteiger partial charge in [0.05, 0.1) is 6.61 Å². The van der Waals surface area contributed by atoms with Crippen molar-refractivity contribution in [1.82, 2.24) is 14.9 Å². The van der Waals surface area contributed by atoms with Gasteiger partial charge in [0.2, 0.25) is 0 Å². The molecule has 0 aliphatic carbocycles. The molecule has 1 atom stereocenters. The lowest BCUT2D eigenvalue weighted by molar-refractivity contribution is -0.150. The molecule has 96 valence electrons. The maximum Gasteiger partial charge on any atom is 0.326 e. The van der Waals surface area contributed by atoms with Crippen LogP contribution in [0.5, 0.6) is 0 Å². The topological polar surface area (TPSA) is 56.2 Å². The molecule has 0 saturated carbocycles. The lowest BCUT2D eigenvalue weighted by Crippen LogP contribution is -2.49. The molecule has 0 saturated heterocycles. The van der Waals surface area contributed by atoms with Crippen LogP contribution in [0.15, 0.2) is 12.4 Å². The summed E-state index contributed by atoms with van der Waals surface area (Å²) in [5, 5.41) is 3.04. The monoisotopic (exact) mass is 239 g/mol. The van der Waals surface area contributed by atoms with E-state index in [1.807, 2.05) is 31.5 Å². The molecule has 1 aromatic heterocycles. The van der Waals surface area contributed by atoms with Gasteiger partial charge in [-0.15, -0.1) is 0 Å². The minimum Gasteiger partial charge on any atom is -0.465 e. The Balaban J connectivity index is 2.63. The highest BCUT2D eigenvalue weighted by Gasteiger charge is 2.32. The molecule has 17 heavy (non-hydrogen) atoms. The summed E-state index contributed by atoms with van der Waals surface area (Å²) >= 11 is 0. The first-order valence-corrected chi connectivity index (χ1v) is 5.87. The normalized spacial score (nSPS) is 14.4. The van der Waals surface area contributed by atoms with Crippen LogP contribution in [0.4, 0.5) is 0 Å². The van der Waals surface area contributed by atoms with Gasteiger partial charge in [0.25, 0.3) is 0 Å². The van der Waals surface area contributed by atoms with E-state index < -0.39 is 5.54 Å². The highest BCUT2D eigenvalue weighted by atomic mass is 16.5. The summed E-state index contributed by atoms with van der Waals surface area (Å²) in [6, 6.07) is 0. The van der Waals surface area contributed by atoms with Crippen LogP contribution in [0.3, 0.4) is 0 Å². The summed E-state index contributed by atoms with van der Waals surface area (Å²) in [7, 11) is 1.78. The van der Waals surface area contributed by atoms with Gasteiger partial charge in [-0.1, -0.05) is 0 Å². The molecule has 5 heteroatoms. The fraction of sp³-hybridized carbons (Fsp3) is 0.667. The second-order valence-corrected chi connectivity index (χ2v) is 4.22. The number of carbonyl (C=O) groups excluding carboxylic acids is 1. The van der Waals surface area contributed by atoms with Crippen LogP contribution in [-0.2, 0) is 16.1 Å². The summed E-state index contributed by atoms with van der Waals surface area (Å²) in [4.78, 5) is 16.0. The Morgan fingerprint density at radius 1 is 1.65 bits per heavy atom. The molecule has 0 fully saturated rings. The Labute approximate surface area is 102 Å². The van der Waals surface area contributed by atoms with Crippen molar-refractivity contribution in [2.24, 2.45) is 0 Å². The van der Waals surface area contributed by atoms with Gasteiger partial charge in [-0.05, 0) is 34.2 Å². The molecular formula is C12H21N3O2. The highest BCUT2D eigenvalue weighted by Crippen LogP contribution is 2.13. The van der Waals surface area contributed by atoms with Gasteiger partial charge in [0.1, 0.15) is 11.4 Å². The number of imidazole rings is 1. The Hall–Kier alpha value is -1.36. The lowest BCUT2D eigenvalue weighted by Gasteiger charge is -2.26. The van der Waals surface area contributed by atoms with Crippen LogP contribution in [0.2, 0.25) is 0 Å². The minimum atomic E-state index is -0.646. The van der Waals surface area contributed by atoms with Crippen molar-refractivity contribution >= 4 is 5.97 Å². The molecule has 1 unspecified atom stereocenters. The van der Waals surface area contributed by atoms with Crippen LogP contribution in [0.1, 0.15) is 26.1 Å². The number of carbonyl (C=O) groups is 1. The lowest BCUT2D eigenvalue weighted by atomic mass is 9.98. The van der Waals surface area contributed by atoms with Gasteiger partial charge in [-0.25, -0.2) is 4.98 Å². The predicted molar refractivity (Wildman–Crippen MR) is 65.7 cm³/mol. The molecular weight excluding hydrogens is 218 g/mol. The second kappa shape index (κ2) is 5.82. The predicted octanol–water partition coefficient (Wildman–Crippen LogP) is 1.12. The minimum absolute atomic E-state index is 0.208. The molecule has 0 bridgehead atoms. The van der Waals surface area contributed by atoms with Gasteiger partial charge in [0.15, 0.2) is 0 Å². The van der Waals surface area contributed by atoms with E-state index in [0.717, 1.165) is 12.4 Å². The van der Waals surface area contributed by atoms with E-state index in [4.69, 9.17) is 4.74 Å². The van der Waals surface area contributed by atoms with Crippen molar-refractivity contribution in [1.29, 1.82) is 0 Å². The van der Waals surface area contributed by atoms with Crippen LogP contribution in [0, 0.1) is 6.92 Å². The van der Waals surface area contributed by atoms with E-state index in [0.29, 0.717) is 13.0 Å². The zero-order valence-corrected chi connectivity index (χ0v) is 11.0. The van der Waals surface area contributed by atoms with Crippen molar-refractivity contribution in [3.8, 4) is 0 Å². The first-order valence-electron chi connectivity index (χ1n) is 5.87. The second-order valence-electron chi connectivity index (χ2n) is 4.22. The molecule has 0 aliphatic heterocycles. The third-order valence-corrected chi connectivity index (χ3v) is 3.05. The van der Waals surface area contributed by atoms with E-state index in [2.05, 4.69) is 10.3 Å². The highest BCUT2D eigenvalue weighted by molar-refractivity contribution is 5.80. The van der Waals surface area contributed by atoms with Crippen LogP contribution >= 0.6 is 0 Å². The quantitative estimate of drug-likeness (QED) is 0.756. The summed E-state index contributed by atoms with van der Waals surface area (Å²) in [5.41, 5.74) is -0.646. The number of nitrogens with zero attached hydrogens (tertiary/aromatic N) is 2. The van der Waals surface area contributed by atoms with Gasteiger partial charge >= 0.3 is 5.97 Å². The smallest absolute Gasteiger partial charge is 0.326 e. The number of aryl methyl sites for hydroxylation is 2. The molecule has 1 heterocycles. The van der Waals surface area contributed by atoms with Gasteiger partial charge < -0.3 is 14.6 Å². The SMILES string of the molecule is CCOC(=O)C(C)(CCn1ccnc1C)NC. The van der Waals surface area contributed by atoms with Crippen molar-refractivity contribution in [2.45, 2.75) is 39.3 Å². The molecule has 0 amide bonds. The van der Waals surface area contributed by atoms with Gasteiger partial charge in [-0.3, -0.25) is 4.79 Å². The number of esters is 1. The summed E-state index contributed by atoms with van der Waals surface area (Å²) in [5.74, 6) is 0.743. The zero-order chi connectivity index (χ0) is 12.9. The first kappa shape index (κ1) is 13.7. The maximum atomic E-state index is 11.8. The number of hydrogen-bond acceptors (Lipinski definition) is 4. The summed E-state index contributed by atoms with van der Waals surface area (Å²) < 4.78 is 7.09. The molecule has 1 aromatic rings. The third kappa shape index (κ3) is 3.30. The van der Waals surface area contributed by atoms with Crippen LogP contribution in [0.25, 0.3) is 0 Å². The number of rotatable bonds is 6. The number of aromatic nitrogens is 2. The van der Waals surface area contributed by atoms with Crippen molar-refractivity contribution < 1.29 is 9.53 Å². The van der Waals surface area contributed by atoms with Crippen LogP contribution < -0.4 is 5.32 Å².